The second-order valence-electron chi connectivity index (χ2n) is 7.09. The van der Waals surface area contributed by atoms with Crippen LogP contribution in [-0.2, 0) is 22.5 Å². The van der Waals surface area contributed by atoms with E-state index in [0.29, 0.717) is 42.6 Å². The molecule has 0 N–H and O–H groups in total. The van der Waals surface area contributed by atoms with Gasteiger partial charge in [-0.1, -0.05) is 29.8 Å². The monoisotopic (exact) mass is 430 g/mol. The van der Waals surface area contributed by atoms with Crippen LogP contribution >= 0.6 is 22.9 Å². The minimum absolute atomic E-state index is 0.0893. The molecular formula is C22H23ClN2O3S. The number of carbonyl (C=O) groups excluding carboxylic acids is 1. The second kappa shape index (κ2) is 9.57. The molecular weight excluding hydrogens is 408 g/mol. The Labute approximate surface area is 179 Å². The van der Waals surface area contributed by atoms with Crippen molar-refractivity contribution >= 4 is 28.8 Å². The number of thiophene rings is 1. The van der Waals surface area contributed by atoms with Crippen LogP contribution in [0.3, 0.4) is 0 Å². The lowest BCUT2D eigenvalue weighted by Gasteiger charge is -2.25. The number of aryl methyl sites for hydroxylation is 1. The third-order valence-electron chi connectivity index (χ3n) is 4.97. The first kappa shape index (κ1) is 20.1. The number of oxazole rings is 1. The molecule has 0 aliphatic carbocycles. The Morgan fingerprint density at radius 3 is 2.93 bits per heavy atom. The van der Waals surface area contributed by atoms with Crippen molar-refractivity contribution in [2.45, 2.75) is 38.3 Å². The molecule has 1 amide bonds. The maximum absolute atomic E-state index is 12.9. The van der Waals surface area contributed by atoms with Gasteiger partial charge in [0.25, 0.3) is 0 Å². The van der Waals surface area contributed by atoms with Gasteiger partial charge in [-0.2, -0.15) is 0 Å². The summed E-state index contributed by atoms with van der Waals surface area (Å²) in [6.45, 7) is 2.03. The van der Waals surface area contributed by atoms with Crippen LogP contribution in [0.25, 0.3) is 11.3 Å². The lowest BCUT2D eigenvalue weighted by Crippen LogP contribution is -2.36. The number of halogens is 1. The molecule has 1 aliphatic heterocycles. The molecule has 1 saturated heterocycles. The Morgan fingerprint density at radius 1 is 1.28 bits per heavy atom. The molecule has 29 heavy (non-hydrogen) atoms. The minimum Gasteiger partial charge on any atom is -0.441 e. The van der Waals surface area contributed by atoms with Crippen LogP contribution in [-0.4, -0.2) is 35.0 Å². The highest BCUT2D eigenvalue weighted by molar-refractivity contribution is 7.09. The number of carbonyl (C=O) groups is 1. The van der Waals surface area contributed by atoms with Crippen molar-refractivity contribution < 1.29 is 13.9 Å². The van der Waals surface area contributed by atoms with Crippen molar-refractivity contribution in [3.05, 3.63) is 63.8 Å². The molecule has 1 atom stereocenters. The number of hydrogen-bond acceptors (Lipinski definition) is 5. The highest BCUT2D eigenvalue weighted by Gasteiger charge is 2.23. The molecule has 3 heterocycles. The van der Waals surface area contributed by atoms with E-state index in [4.69, 9.17) is 20.8 Å². The topological polar surface area (TPSA) is 55.6 Å². The second-order valence-corrected chi connectivity index (χ2v) is 8.53. The van der Waals surface area contributed by atoms with E-state index in [1.54, 1.807) is 17.5 Å². The average molecular weight is 431 g/mol. The molecule has 7 heteroatoms. The van der Waals surface area contributed by atoms with Crippen molar-refractivity contribution in [3.8, 4) is 11.3 Å². The largest absolute Gasteiger partial charge is 0.441 e. The highest BCUT2D eigenvalue weighted by Crippen LogP contribution is 2.28. The van der Waals surface area contributed by atoms with Crippen LogP contribution in [0.4, 0.5) is 0 Å². The van der Waals surface area contributed by atoms with Crippen LogP contribution in [0.5, 0.6) is 0 Å². The molecule has 0 radical (unpaired) electrons. The summed E-state index contributed by atoms with van der Waals surface area (Å²) in [5.41, 5.74) is 0.803. The molecule has 2 aromatic heterocycles. The van der Waals surface area contributed by atoms with Gasteiger partial charge in [0.2, 0.25) is 5.91 Å². The fraction of sp³-hybridized carbons (Fsp3) is 0.364. The van der Waals surface area contributed by atoms with E-state index in [1.165, 1.54) is 4.88 Å². The Morgan fingerprint density at radius 2 is 2.17 bits per heavy atom. The van der Waals surface area contributed by atoms with Gasteiger partial charge in [-0.25, -0.2) is 4.98 Å². The summed E-state index contributed by atoms with van der Waals surface area (Å²) in [7, 11) is 0. The van der Waals surface area contributed by atoms with Crippen molar-refractivity contribution in [1.82, 2.24) is 9.88 Å². The Balaban J connectivity index is 1.39. The number of hydrogen-bond donors (Lipinski definition) is 0. The number of ether oxygens (including phenoxy) is 1. The summed E-state index contributed by atoms with van der Waals surface area (Å²) in [6.07, 6.45) is 4.67. The molecule has 5 nitrogen and oxygen atoms in total. The Hall–Kier alpha value is -2.15. The summed E-state index contributed by atoms with van der Waals surface area (Å²) < 4.78 is 11.6. The lowest BCUT2D eigenvalue weighted by atomic mass is 10.2. The van der Waals surface area contributed by atoms with Crippen molar-refractivity contribution in [2.75, 3.05) is 13.2 Å². The van der Waals surface area contributed by atoms with Crippen LogP contribution in [0.15, 0.2) is 52.4 Å². The summed E-state index contributed by atoms with van der Waals surface area (Å²) >= 11 is 7.89. The average Bonchev–Trinajstić information content (AvgIpc) is 3.49. The summed E-state index contributed by atoms with van der Waals surface area (Å²) in [4.78, 5) is 20.3. The van der Waals surface area contributed by atoms with Gasteiger partial charge < -0.3 is 14.1 Å². The molecule has 0 saturated carbocycles. The zero-order valence-electron chi connectivity index (χ0n) is 16.1. The maximum Gasteiger partial charge on any atom is 0.223 e. The molecule has 0 spiro atoms. The van der Waals surface area contributed by atoms with Gasteiger partial charge in [-0.3, -0.25) is 4.79 Å². The van der Waals surface area contributed by atoms with E-state index >= 15 is 0 Å². The first-order valence-corrected chi connectivity index (χ1v) is 11.1. The summed E-state index contributed by atoms with van der Waals surface area (Å²) in [5, 5.41) is 2.65. The van der Waals surface area contributed by atoms with Gasteiger partial charge in [-0.15, -0.1) is 11.3 Å². The van der Waals surface area contributed by atoms with Crippen molar-refractivity contribution in [1.29, 1.82) is 0 Å². The maximum atomic E-state index is 12.9. The highest BCUT2D eigenvalue weighted by atomic mass is 35.5. The third kappa shape index (κ3) is 5.26. The van der Waals surface area contributed by atoms with Gasteiger partial charge in [0.1, 0.15) is 0 Å². The zero-order chi connectivity index (χ0) is 20.1. The van der Waals surface area contributed by atoms with Gasteiger partial charge in [0.05, 0.1) is 23.9 Å². The molecule has 152 valence electrons. The third-order valence-corrected chi connectivity index (χ3v) is 6.16. The van der Waals surface area contributed by atoms with Crippen molar-refractivity contribution in [2.24, 2.45) is 0 Å². The predicted molar refractivity (Wildman–Crippen MR) is 114 cm³/mol. The smallest absolute Gasteiger partial charge is 0.223 e. The number of nitrogens with zero attached hydrogens (tertiary/aromatic N) is 2. The van der Waals surface area contributed by atoms with E-state index < -0.39 is 0 Å². The van der Waals surface area contributed by atoms with Crippen LogP contribution in [0, 0.1) is 0 Å². The normalized spacial score (nSPS) is 16.2. The van der Waals surface area contributed by atoms with Crippen LogP contribution in [0.2, 0.25) is 5.02 Å². The summed E-state index contributed by atoms with van der Waals surface area (Å²) in [6, 6.07) is 11.6. The number of benzene rings is 1. The van der Waals surface area contributed by atoms with E-state index in [9.17, 15) is 4.79 Å². The van der Waals surface area contributed by atoms with Gasteiger partial charge in [0.15, 0.2) is 11.7 Å². The molecule has 1 aromatic carbocycles. The molecule has 1 fully saturated rings. The molecule has 1 unspecified atom stereocenters. The Kier molecular flexibility index (Phi) is 6.64. The van der Waals surface area contributed by atoms with Crippen LogP contribution in [0.1, 0.15) is 30.0 Å². The first-order valence-electron chi connectivity index (χ1n) is 9.80. The molecule has 1 aliphatic rings. The SMILES string of the molecule is O=C(CCc1ncc(-c2ccccc2Cl)o1)N(Cc1cccs1)CC1CCCO1. The fourth-order valence-electron chi connectivity index (χ4n) is 3.46. The molecule has 0 bridgehead atoms. The quantitative estimate of drug-likeness (QED) is 0.493. The van der Waals surface area contributed by atoms with Gasteiger partial charge in [-0.05, 0) is 36.4 Å². The van der Waals surface area contributed by atoms with E-state index in [-0.39, 0.29) is 12.0 Å². The number of aromatic nitrogens is 1. The predicted octanol–water partition coefficient (Wildman–Crippen LogP) is 5.20. The molecule has 4 rings (SSSR count). The zero-order valence-corrected chi connectivity index (χ0v) is 17.6. The molecule has 3 aromatic rings. The standard InChI is InChI=1S/C22H23ClN2O3S/c23-19-8-2-1-7-18(19)20-13-24-21(28-20)9-10-22(26)25(14-16-5-3-11-27-16)15-17-6-4-12-29-17/h1-2,4,6-8,12-13,16H,3,5,9-11,14-15H2. The van der Waals surface area contributed by atoms with E-state index in [1.807, 2.05) is 40.6 Å². The Bertz CT molecular complexity index is 935. The lowest BCUT2D eigenvalue weighted by molar-refractivity contribution is -0.133. The number of rotatable bonds is 8. The van der Waals surface area contributed by atoms with E-state index in [2.05, 4.69) is 11.1 Å². The van der Waals surface area contributed by atoms with Crippen LogP contribution < -0.4 is 0 Å². The van der Waals surface area contributed by atoms with Crippen molar-refractivity contribution in [3.63, 3.8) is 0 Å². The fourth-order valence-corrected chi connectivity index (χ4v) is 4.41. The van der Waals surface area contributed by atoms with Gasteiger partial charge in [0, 0.05) is 36.4 Å². The summed E-state index contributed by atoms with van der Waals surface area (Å²) in [5.74, 6) is 1.25. The minimum atomic E-state index is 0.0893. The van der Waals surface area contributed by atoms with E-state index in [0.717, 1.165) is 25.0 Å². The number of amides is 1. The van der Waals surface area contributed by atoms with Gasteiger partial charge >= 0.3 is 0 Å². The first-order chi connectivity index (χ1) is 14.2.